The topological polar surface area (TPSA) is 52.0 Å². The van der Waals surface area contributed by atoms with E-state index in [-0.39, 0.29) is 0 Å². The number of thiazole rings is 1. The molecule has 3 aromatic rings. The maximum Gasteiger partial charge on any atom is 0.153 e. The molecular formula is C13H10N2OS. The van der Waals surface area contributed by atoms with Gasteiger partial charge in [0.15, 0.2) is 5.76 Å². The number of rotatable bonds is 2. The van der Waals surface area contributed by atoms with Crippen molar-refractivity contribution in [3.05, 3.63) is 48.0 Å². The smallest absolute Gasteiger partial charge is 0.153 e. The Balaban J connectivity index is 2.04. The van der Waals surface area contributed by atoms with Crippen LogP contribution in [0.15, 0.2) is 52.5 Å². The second kappa shape index (κ2) is 4.07. The Labute approximate surface area is 103 Å². The molecule has 0 radical (unpaired) electrons. The summed E-state index contributed by atoms with van der Waals surface area (Å²) >= 11 is 1.56. The minimum Gasteiger partial charge on any atom is -0.463 e. The van der Waals surface area contributed by atoms with Crippen molar-refractivity contribution in [3.63, 3.8) is 0 Å². The molecule has 0 atom stereocenters. The van der Waals surface area contributed by atoms with Gasteiger partial charge in [-0.15, -0.1) is 11.3 Å². The molecule has 84 valence electrons. The SMILES string of the molecule is Nc1ccccc1-c1nc(-c2ccco2)cs1. The van der Waals surface area contributed by atoms with Crippen molar-refractivity contribution in [2.24, 2.45) is 0 Å². The van der Waals surface area contributed by atoms with Crippen LogP contribution in [-0.4, -0.2) is 4.98 Å². The van der Waals surface area contributed by atoms with E-state index in [4.69, 9.17) is 10.2 Å². The van der Waals surface area contributed by atoms with Crippen LogP contribution in [0.1, 0.15) is 0 Å². The van der Waals surface area contributed by atoms with Gasteiger partial charge in [0, 0.05) is 16.6 Å². The fourth-order valence-electron chi connectivity index (χ4n) is 1.63. The molecule has 0 unspecified atom stereocenters. The summed E-state index contributed by atoms with van der Waals surface area (Å²) in [6.07, 6.45) is 1.64. The third kappa shape index (κ3) is 1.83. The van der Waals surface area contributed by atoms with Gasteiger partial charge < -0.3 is 10.2 Å². The lowest BCUT2D eigenvalue weighted by atomic mass is 10.2. The largest absolute Gasteiger partial charge is 0.463 e. The van der Waals surface area contributed by atoms with Crippen LogP contribution in [0, 0.1) is 0 Å². The lowest BCUT2D eigenvalue weighted by molar-refractivity contribution is 0.580. The molecule has 0 aliphatic carbocycles. The van der Waals surface area contributed by atoms with Crippen LogP contribution < -0.4 is 5.73 Å². The van der Waals surface area contributed by atoms with Crippen LogP contribution in [0.5, 0.6) is 0 Å². The monoisotopic (exact) mass is 242 g/mol. The van der Waals surface area contributed by atoms with Crippen LogP contribution >= 0.6 is 11.3 Å². The molecule has 2 heterocycles. The highest BCUT2D eigenvalue weighted by molar-refractivity contribution is 7.13. The Kier molecular flexibility index (Phi) is 2.42. The van der Waals surface area contributed by atoms with Gasteiger partial charge in [0.1, 0.15) is 10.7 Å². The first-order chi connectivity index (χ1) is 8.34. The second-order valence-corrected chi connectivity index (χ2v) is 4.46. The van der Waals surface area contributed by atoms with Crippen molar-refractivity contribution in [2.45, 2.75) is 0 Å². The number of hydrogen-bond donors (Lipinski definition) is 1. The van der Waals surface area contributed by atoms with E-state index in [9.17, 15) is 0 Å². The molecule has 0 aliphatic heterocycles. The summed E-state index contributed by atoms with van der Waals surface area (Å²) < 4.78 is 5.31. The van der Waals surface area contributed by atoms with Crippen LogP contribution in [0.25, 0.3) is 22.0 Å². The van der Waals surface area contributed by atoms with Crippen molar-refractivity contribution in [3.8, 4) is 22.0 Å². The number of nitrogen functional groups attached to an aromatic ring is 1. The summed E-state index contributed by atoms with van der Waals surface area (Å²) in [5.74, 6) is 0.780. The highest BCUT2D eigenvalue weighted by Crippen LogP contribution is 2.31. The molecule has 1 aromatic carbocycles. The lowest BCUT2D eigenvalue weighted by Gasteiger charge is -1.99. The van der Waals surface area contributed by atoms with Crippen molar-refractivity contribution < 1.29 is 4.42 Å². The number of hydrogen-bond acceptors (Lipinski definition) is 4. The van der Waals surface area contributed by atoms with E-state index >= 15 is 0 Å². The lowest BCUT2D eigenvalue weighted by Crippen LogP contribution is -1.88. The summed E-state index contributed by atoms with van der Waals surface area (Å²) in [4.78, 5) is 4.53. The van der Waals surface area contributed by atoms with Gasteiger partial charge in [0.05, 0.1) is 6.26 Å². The molecule has 0 fully saturated rings. The van der Waals surface area contributed by atoms with E-state index in [1.54, 1.807) is 17.6 Å². The van der Waals surface area contributed by atoms with E-state index in [1.165, 1.54) is 0 Å². The first-order valence-electron chi connectivity index (χ1n) is 5.19. The zero-order valence-corrected chi connectivity index (χ0v) is 9.78. The van der Waals surface area contributed by atoms with Gasteiger partial charge in [0.25, 0.3) is 0 Å². The number of furan rings is 1. The second-order valence-electron chi connectivity index (χ2n) is 3.60. The van der Waals surface area contributed by atoms with Crippen LogP contribution in [0.2, 0.25) is 0 Å². The number of para-hydroxylation sites is 1. The molecule has 0 amide bonds. The molecule has 3 nitrogen and oxygen atoms in total. The predicted molar refractivity (Wildman–Crippen MR) is 69.7 cm³/mol. The molecule has 0 bridgehead atoms. The van der Waals surface area contributed by atoms with Crippen molar-refractivity contribution in [1.82, 2.24) is 4.98 Å². The van der Waals surface area contributed by atoms with Gasteiger partial charge in [-0.2, -0.15) is 0 Å². The van der Waals surface area contributed by atoms with Gasteiger partial charge in [0.2, 0.25) is 0 Å². The fourth-order valence-corrected chi connectivity index (χ4v) is 2.48. The van der Waals surface area contributed by atoms with Gasteiger partial charge >= 0.3 is 0 Å². The van der Waals surface area contributed by atoms with Gasteiger partial charge in [-0.25, -0.2) is 4.98 Å². The maximum absolute atomic E-state index is 5.92. The maximum atomic E-state index is 5.92. The third-order valence-corrected chi connectivity index (χ3v) is 3.34. The number of nitrogens with zero attached hydrogens (tertiary/aromatic N) is 1. The van der Waals surface area contributed by atoms with Crippen LogP contribution in [0.4, 0.5) is 5.69 Å². The van der Waals surface area contributed by atoms with E-state index in [1.807, 2.05) is 41.8 Å². The zero-order chi connectivity index (χ0) is 11.7. The Bertz CT molecular complexity index is 628. The number of nitrogens with two attached hydrogens (primary N) is 1. The summed E-state index contributed by atoms with van der Waals surface area (Å²) in [5, 5.41) is 2.88. The third-order valence-electron chi connectivity index (χ3n) is 2.47. The first kappa shape index (κ1) is 10.1. The molecule has 0 aliphatic rings. The van der Waals surface area contributed by atoms with Crippen molar-refractivity contribution in [2.75, 3.05) is 5.73 Å². The standard InChI is InChI=1S/C13H10N2OS/c14-10-5-2-1-4-9(10)13-15-11(8-17-13)12-6-3-7-16-12/h1-8H,14H2. The fraction of sp³-hybridized carbons (Fsp3) is 0. The Morgan fingerprint density at radius 2 is 2.00 bits per heavy atom. The summed E-state index contributed by atoms with van der Waals surface area (Å²) in [6, 6.07) is 11.5. The molecule has 17 heavy (non-hydrogen) atoms. The number of aromatic nitrogens is 1. The highest BCUT2D eigenvalue weighted by Gasteiger charge is 2.09. The molecule has 2 aromatic heterocycles. The molecule has 3 rings (SSSR count). The average Bonchev–Trinajstić information content (AvgIpc) is 3.00. The Morgan fingerprint density at radius 3 is 2.76 bits per heavy atom. The van der Waals surface area contributed by atoms with Crippen molar-refractivity contribution in [1.29, 1.82) is 0 Å². The predicted octanol–water partition coefficient (Wildman–Crippen LogP) is 3.65. The van der Waals surface area contributed by atoms with E-state index in [0.29, 0.717) is 0 Å². The molecule has 2 N–H and O–H groups in total. The quantitative estimate of drug-likeness (QED) is 0.698. The van der Waals surface area contributed by atoms with E-state index in [2.05, 4.69) is 4.98 Å². The van der Waals surface area contributed by atoms with Gasteiger partial charge in [-0.05, 0) is 24.3 Å². The Hall–Kier alpha value is -2.07. The van der Waals surface area contributed by atoms with Gasteiger partial charge in [-0.3, -0.25) is 0 Å². The number of anilines is 1. The minimum atomic E-state index is 0.743. The summed E-state index contributed by atoms with van der Waals surface area (Å²) in [6.45, 7) is 0. The van der Waals surface area contributed by atoms with Gasteiger partial charge in [-0.1, -0.05) is 12.1 Å². The normalized spacial score (nSPS) is 10.6. The summed E-state index contributed by atoms with van der Waals surface area (Å²) in [5.41, 5.74) is 8.48. The molecule has 0 saturated heterocycles. The molecule has 0 saturated carbocycles. The Morgan fingerprint density at radius 1 is 1.12 bits per heavy atom. The van der Waals surface area contributed by atoms with Crippen LogP contribution in [-0.2, 0) is 0 Å². The highest BCUT2D eigenvalue weighted by atomic mass is 32.1. The molecule has 4 heteroatoms. The molecule has 0 spiro atoms. The van der Waals surface area contributed by atoms with Crippen LogP contribution in [0.3, 0.4) is 0 Å². The number of benzene rings is 1. The van der Waals surface area contributed by atoms with E-state index in [0.717, 1.165) is 27.7 Å². The molecular weight excluding hydrogens is 232 g/mol. The minimum absolute atomic E-state index is 0.743. The van der Waals surface area contributed by atoms with Crippen molar-refractivity contribution >= 4 is 17.0 Å². The average molecular weight is 242 g/mol. The van der Waals surface area contributed by atoms with E-state index < -0.39 is 0 Å². The zero-order valence-electron chi connectivity index (χ0n) is 8.96. The first-order valence-corrected chi connectivity index (χ1v) is 6.07. The summed E-state index contributed by atoms with van der Waals surface area (Å²) in [7, 11) is 0.